The van der Waals surface area contributed by atoms with Crippen molar-refractivity contribution in [2.24, 2.45) is 0 Å². The molecule has 0 spiro atoms. The van der Waals surface area contributed by atoms with E-state index in [-0.39, 0.29) is 0 Å². The molecule has 1 aromatic carbocycles. The lowest BCUT2D eigenvalue weighted by Crippen LogP contribution is -1.96. The molecule has 0 amide bonds. The van der Waals surface area contributed by atoms with Crippen LogP contribution < -0.4 is 11.5 Å². The van der Waals surface area contributed by atoms with E-state index in [0.29, 0.717) is 5.69 Å². The van der Waals surface area contributed by atoms with Gasteiger partial charge in [0.2, 0.25) is 0 Å². The molecule has 0 fully saturated rings. The third-order valence-electron chi connectivity index (χ3n) is 2.17. The number of hydrogen-bond donors (Lipinski definition) is 2. The summed E-state index contributed by atoms with van der Waals surface area (Å²) >= 11 is 0. The molecule has 0 aliphatic rings. The number of pyridine rings is 1. The zero-order valence-corrected chi connectivity index (χ0v) is 7.41. The van der Waals surface area contributed by atoms with Gasteiger partial charge < -0.3 is 11.5 Å². The van der Waals surface area contributed by atoms with Gasteiger partial charge in [-0.1, -0.05) is 0 Å². The zero-order valence-electron chi connectivity index (χ0n) is 7.41. The van der Waals surface area contributed by atoms with Gasteiger partial charge in [-0.2, -0.15) is 0 Å². The summed E-state index contributed by atoms with van der Waals surface area (Å²) in [6.07, 6.45) is 1.72. The highest BCUT2D eigenvalue weighted by Crippen LogP contribution is 2.27. The molecule has 0 radical (unpaired) electrons. The lowest BCUT2D eigenvalue weighted by molar-refractivity contribution is 1.39. The normalized spacial score (nSPS) is 10.5. The maximum absolute atomic E-state index is 5.87. The monoisotopic (exact) mass is 173 g/mol. The summed E-state index contributed by atoms with van der Waals surface area (Å²) in [5.74, 6) is 0. The van der Waals surface area contributed by atoms with Gasteiger partial charge in [-0.15, -0.1) is 0 Å². The van der Waals surface area contributed by atoms with Crippen molar-refractivity contribution < 1.29 is 0 Å². The summed E-state index contributed by atoms with van der Waals surface area (Å²) < 4.78 is 0. The molecule has 1 aromatic heterocycles. The van der Waals surface area contributed by atoms with E-state index in [4.69, 9.17) is 11.5 Å². The van der Waals surface area contributed by atoms with Gasteiger partial charge in [-0.05, 0) is 30.7 Å². The molecular weight excluding hydrogens is 162 g/mol. The molecule has 0 saturated heterocycles. The van der Waals surface area contributed by atoms with E-state index in [1.807, 2.05) is 25.1 Å². The topological polar surface area (TPSA) is 64.9 Å². The summed E-state index contributed by atoms with van der Waals surface area (Å²) in [6, 6.07) is 5.65. The van der Waals surface area contributed by atoms with Crippen molar-refractivity contribution in [3.8, 4) is 0 Å². The minimum atomic E-state index is 0.713. The predicted molar refractivity (Wildman–Crippen MR) is 55.3 cm³/mol. The van der Waals surface area contributed by atoms with Gasteiger partial charge in [0.1, 0.15) is 0 Å². The Bertz CT molecular complexity index is 463. The number of aryl methyl sites for hydroxylation is 1. The summed E-state index contributed by atoms with van der Waals surface area (Å²) in [5, 5.41) is 0.922. The number of aromatic nitrogens is 1. The van der Waals surface area contributed by atoms with Gasteiger partial charge in [0.15, 0.2) is 0 Å². The number of rotatable bonds is 0. The second kappa shape index (κ2) is 2.62. The maximum Gasteiger partial charge on any atom is 0.0954 e. The van der Waals surface area contributed by atoms with Crippen molar-refractivity contribution in [2.75, 3.05) is 11.5 Å². The summed E-state index contributed by atoms with van der Waals surface area (Å²) in [4.78, 5) is 4.20. The van der Waals surface area contributed by atoms with Crippen LogP contribution in [0.1, 0.15) is 5.56 Å². The molecule has 0 aliphatic carbocycles. The highest BCUT2D eigenvalue weighted by molar-refractivity contribution is 5.98. The highest BCUT2D eigenvalue weighted by atomic mass is 14.7. The molecule has 3 heteroatoms. The Kier molecular flexibility index (Phi) is 1.59. The molecule has 2 aromatic rings. The van der Waals surface area contributed by atoms with E-state index >= 15 is 0 Å². The minimum absolute atomic E-state index is 0.713. The molecule has 13 heavy (non-hydrogen) atoms. The zero-order chi connectivity index (χ0) is 9.42. The summed E-state index contributed by atoms with van der Waals surface area (Å²) in [5.41, 5.74) is 14.9. The van der Waals surface area contributed by atoms with Crippen molar-refractivity contribution in [1.82, 2.24) is 4.98 Å². The Hall–Kier alpha value is -1.77. The Morgan fingerprint density at radius 1 is 1.31 bits per heavy atom. The highest BCUT2D eigenvalue weighted by Gasteiger charge is 2.04. The Morgan fingerprint density at radius 2 is 2.08 bits per heavy atom. The van der Waals surface area contributed by atoms with E-state index in [9.17, 15) is 0 Å². The fraction of sp³-hybridized carbons (Fsp3) is 0.100. The molecule has 0 atom stereocenters. The molecule has 0 bridgehead atoms. The summed E-state index contributed by atoms with van der Waals surface area (Å²) in [6.45, 7) is 1.93. The van der Waals surface area contributed by atoms with Crippen LogP contribution in [0.3, 0.4) is 0 Å². The van der Waals surface area contributed by atoms with E-state index in [1.165, 1.54) is 0 Å². The number of hydrogen-bond acceptors (Lipinski definition) is 3. The predicted octanol–water partition coefficient (Wildman–Crippen LogP) is 1.71. The number of nitrogens with two attached hydrogens (primary N) is 2. The summed E-state index contributed by atoms with van der Waals surface area (Å²) in [7, 11) is 0. The second-order valence-corrected chi connectivity index (χ2v) is 3.10. The van der Waals surface area contributed by atoms with E-state index in [0.717, 1.165) is 22.2 Å². The Balaban J connectivity index is 2.97. The number of nitrogen functional groups attached to an aromatic ring is 2. The van der Waals surface area contributed by atoms with Crippen LogP contribution >= 0.6 is 0 Å². The minimum Gasteiger partial charge on any atom is -0.398 e. The van der Waals surface area contributed by atoms with Crippen molar-refractivity contribution in [3.63, 3.8) is 0 Å². The first-order valence-corrected chi connectivity index (χ1v) is 4.09. The largest absolute Gasteiger partial charge is 0.398 e. The molecule has 1 heterocycles. The van der Waals surface area contributed by atoms with Crippen molar-refractivity contribution in [2.45, 2.75) is 6.92 Å². The van der Waals surface area contributed by atoms with Crippen LogP contribution in [0.4, 0.5) is 11.4 Å². The van der Waals surface area contributed by atoms with Gasteiger partial charge in [-0.3, -0.25) is 4.98 Å². The van der Waals surface area contributed by atoms with Crippen LogP contribution in [0.25, 0.3) is 10.9 Å². The number of anilines is 2. The smallest absolute Gasteiger partial charge is 0.0954 e. The Labute approximate surface area is 76.4 Å². The van der Waals surface area contributed by atoms with Crippen molar-refractivity contribution >= 4 is 22.3 Å². The SMILES string of the molecule is Cc1cc(N)c2cccnc2c1N. The van der Waals surface area contributed by atoms with Crippen molar-refractivity contribution in [3.05, 3.63) is 30.0 Å². The fourth-order valence-electron chi connectivity index (χ4n) is 1.43. The maximum atomic E-state index is 5.87. The van der Waals surface area contributed by atoms with Gasteiger partial charge in [0, 0.05) is 17.3 Å². The number of nitrogens with zero attached hydrogens (tertiary/aromatic N) is 1. The second-order valence-electron chi connectivity index (χ2n) is 3.10. The molecule has 0 saturated carbocycles. The fourth-order valence-corrected chi connectivity index (χ4v) is 1.43. The molecule has 3 nitrogen and oxygen atoms in total. The standard InChI is InChI=1S/C10H11N3/c1-6-5-8(11)7-3-2-4-13-10(7)9(6)12/h2-5H,11-12H2,1H3. The lowest BCUT2D eigenvalue weighted by Gasteiger charge is -2.06. The lowest BCUT2D eigenvalue weighted by atomic mass is 10.1. The van der Waals surface area contributed by atoms with E-state index in [1.54, 1.807) is 6.20 Å². The molecule has 0 unspecified atom stereocenters. The molecule has 4 N–H and O–H groups in total. The average Bonchev–Trinajstić information content (AvgIpc) is 2.15. The van der Waals surface area contributed by atoms with Crippen LogP contribution in [0.2, 0.25) is 0 Å². The Morgan fingerprint density at radius 3 is 2.85 bits per heavy atom. The van der Waals surface area contributed by atoms with Gasteiger partial charge in [-0.25, -0.2) is 0 Å². The van der Waals surface area contributed by atoms with E-state index < -0.39 is 0 Å². The first-order valence-electron chi connectivity index (χ1n) is 4.09. The van der Waals surface area contributed by atoms with Crippen LogP contribution in [0, 0.1) is 6.92 Å². The first kappa shape index (κ1) is 7.86. The third kappa shape index (κ3) is 1.09. The first-order chi connectivity index (χ1) is 6.20. The van der Waals surface area contributed by atoms with Crippen LogP contribution in [-0.2, 0) is 0 Å². The molecule has 2 rings (SSSR count). The molecular formula is C10H11N3. The average molecular weight is 173 g/mol. The van der Waals surface area contributed by atoms with Crippen LogP contribution in [-0.4, -0.2) is 4.98 Å². The van der Waals surface area contributed by atoms with Crippen LogP contribution in [0.15, 0.2) is 24.4 Å². The third-order valence-corrected chi connectivity index (χ3v) is 2.17. The van der Waals surface area contributed by atoms with Gasteiger partial charge >= 0.3 is 0 Å². The quantitative estimate of drug-likeness (QED) is 0.596. The molecule has 0 aliphatic heterocycles. The van der Waals surface area contributed by atoms with E-state index in [2.05, 4.69) is 4.98 Å². The van der Waals surface area contributed by atoms with Crippen molar-refractivity contribution in [1.29, 1.82) is 0 Å². The number of benzene rings is 1. The van der Waals surface area contributed by atoms with Crippen LogP contribution in [0.5, 0.6) is 0 Å². The van der Waals surface area contributed by atoms with Gasteiger partial charge in [0.05, 0.1) is 11.2 Å². The number of fused-ring (bicyclic) bond motifs is 1. The van der Waals surface area contributed by atoms with Gasteiger partial charge in [0.25, 0.3) is 0 Å². The molecule has 66 valence electrons.